The molecule has 2 rings (SSSR count). The monoisotopic (exact) mass is 1420 g/mol. The molecule has 566 valence electrons. The quantitative estimate of drug-likeness (QED) is 0.0609. The molecule has 0 aliphatic carbocycles. The second-order valence-electron chi connectivity index (χ2n) is 29.8. The molecule has 2 heterocycles. The van der Waals surface area contributed by atoms with E-state index in [0.29, 0.717) is 19.8 Å². The lowest BCUT2D eigenvalue weighted by molar-refractivity contribution is -0.157. The van der Waals surface area contributed by atoms with E-state index in [-0.39, 0.29) is 74.7 Å². The van der Waals surface area contributed by atoms with E-state index in [1.54, 1.807) is 74.5 Å². The molecule has 0 aromatic carbocycles. The first-order valence-corrected chi connectivity index (χ1v) is 36.6. The van der Waals surface area contributed by atoms with Gasteiger partial charge < -0.3 is 75.5 Å². The van der Waals surface area contributed by atoms with Gasteiger partial charge in [0.15, 0.2) is 5.37 Å². The predicted molar refractivity (Wildman–Crippen MR) is 387 cm³/mol. The van der Waals surface area contributed by atoms with Crippen molar-refractivity contribution in [1.82, 2.24) is 60.9 Å². The molecule has 2 aliphatic rings. The van der Waals surface area contributed by atoms with Gasteiger partial charge in [-0.05, 0) is 115 Å². The minimum Gasteiger partial charge on any atom is -0.390 e. The molecular formula is C72H128N12O14S. The van der Waals surface area contributed by atoms with Crippen molar-refractivity contribution in [2.45, 2.75) is 253 Å². The highest BCUT2D eigenvalue weighted by Gasteiger charge is 2.47. The normalized spacial score (nSPS) is 26.7. The number of ether oxygens (including phenoxy) is 2. The van der Waals surface area contributed by atoms with Crippen molar-refractivity contribution in [3.05, 3.63) is 24.8 Å². The van der Waals surface area contributed by atoms with Crippen molar-refractivity contribution in [3.8, 4) is 0 Å². The van der Waals surface area contributed by atoms with Gasteiger partial charge in [-0.1, -0.05) is 101 Å². The molecule has 0 saturated carbocycles. The number of thioether (sulfide) groups is 1. The Morgan fingerprint density at radius 1 is 0.586 bits per heavy atom. The fourth-order valence-corrected chi connectivity index (χ4v) is 13.6. The standard InChI is InChI=1S/C72H128N12O14S/c1-26-29-30-47(14)59(85)58-63(89)76-51(28-3)65(91)84(25)71(99-37-33-73-50-31-35-97-36-32-50)70(96)81(22)55(41-72(17,18)98-34-27-2)62(88)77-56(45(10)11)68(94)78(19)52(38-42(4)5)61(87)74-48(15)60(86)75-49(16)64(90)79(20)53(39-43(6)7)66(92)80(21)54(40-44(8)9)67(93)82(23)57(46(12)13)69(95)83(58)24/h26-27,29,42-59,71,73,85H,2,28,30-41H2,1,3-25H3,(H,74,87)(H,75,86)(H,76,89)(H,77,88)/b29-26+/t47-,48+,49+,51+,52+,53+,54+,55+,56+,57+,58+,59-,71-/m1/s1. The van der Waals surface area contributed by atoms with Crippen molar-refractivity contribution < 1.29 is 67.3 Å². The van der Waals surface area contributed by atoms with Gasteiger partial charge in [0.2, 0.25) is 59.1 Å². The van der Waals surface area contributed by atoms with E-state index in [1.807, 2.05) is 47.6 Å². The van der Waals surface area contributed by atoms with Crippen molar-refractivity contribution in [1.29, 1.82) is 0 Å². The van der Waals surface area contributed by atoms with Crippen LogP contribution < -0.4 is 26.6 Å². The summed E-state index contributed by atoms with van der Waals surface area (Å²) in [7, 11) is 9.99. The maximum Gasteiger partial charge on any atom is 0.256 e. The number of amides is 11. The molecule has 6 N–H and O–H groups in total. The third-order valence-electron chi connectivity index (χ3n) is 18.8. The zero-order valence-electron chi connectivity index (χ0n) is 64.4. The van der Waals surface area contributed by atoms with Crippen molar-refractivity contribution in [3.63, 3.8) is 0 Å². The summed E-state index contributed by atoms with van der Waals surface area (Å²) in [6, 6.07) is -12.9. The fraction of sp³-hybridized carbons (Fsp3) is 0.792. The highest BCUT2D eigenvalue weighted by atomic mass is 32.2. The Hall–Kier alpha value is -6.16. The van der Waals surface area contributed by atoms with Crippen LogP contribution in [0.2, 0.25) is 0 Å². The molecule has 2 fully saturated rings. The summed E-state index contributed by atoms with van der Waals surface area (Å²) in [5, 5.41) is 25.8. The third kappa shape index (κ3) is 26.0. The number of carbonyl (C=O) groups is 11. The molecule has 0 bridgehead atoms. The summed E-state index contributed by atoms with van der Waals surface area (Å²) in [6.07, 6.45) is 5.65. The molecule has 0 unspecified atom stereocenters. The Morgan fingerprint density at radius 3 is 1.58 bits per heavy atom. The lowest BCUT2D eigenvalue weighted by Crippen LogP contribution is -2.64. The minimum atomic E-state index is -1.66. The summed E-state index contributed by atoms with van der Waals surface area (Å²) in [6.45, 7) is 35.1. The highest BCUT2D eigenvalue weighted by molar-refractivity contribution is 8.00. The maximum atomic E-state index is 15.7. The molecule has 0 radical (unpaired) electrons. The smallest absolute Gasteiger partial charge is 0.256 e. The van der Waals surface area contributed by atoms with E-state index in [4.69, 9.17) is 9.47 Å². The average molecular weight is 1420 g/mol. The number of rotatable bonds is 23. The van der Waals surface area contributed by atoms with E-state index in [2.05, 4.69) is 33.2 Å². The molecule has 2 saturated heterocycles. The number of carbonyl (C=O) groups excluding carboxylic acids is 11. The van der Waals surface area contributed by atoms with Gasteiger partial charge in [-0.15, -0.1) is 18.3 Å². The summed E-state index contributed by atoms with van der Waals surface area (Å²) in [5.41, 5.74) is -1.12. The molecule has 2 aliphatic heterocycles. The predicted octanol–water partition coefficient (Wildman–Crippen LogP) is 4.42. The van der Waals surface area contributed by atoms with E-state index in [1.165, 1.54) is 92.6 Å². The summed E-state index contributed by atoms with van der Waals surface area (Å²) < 4.78 is 11.8. The first-order chi connectivity index (χ1) is 46.0. The van der Waals surface area contributed by atoms with Gasteiger partial charge in [0.1, 0.15) is 60.4 Å². The Kier molecular flexibility index (Phi) is 37.4. The second-order valence-corrected chi connectivity index (χ2v) is 31.0. The number of nitrogens with zero attached hydrogens (tertiary/aromatic N) is 7. The van der Waals surface area contributed by atoms with Gasteiger partial charge in [-0.25, -0.2) is 0 Å². The van der Waals surface area contributed by atoms with Crippen LogP contribution >= 0.6 is 11.8 Å². The summed E-state index contributed by atoms with van der Waals surface area (Å²) >= 11 is 1.13. The average Bonchev–Trinajstić information content (AvgIpc) is 0.808. The summed E-state index contributed by atoms with van der Waals surface area (Å²) in [5.74, 6) is -9.85. The molecule has 99 heavy (non-hydrogen) atoms. The van der Waals surface area contributed by atoms with Gasteiger partial charge in [-0.3, -0.25) is 52.7 Å². The van der Waals surface area contributed by atoms with Crippen LogP contribution in [0.5, 0.6) is 0 Å². The molecular weight excluding hydrogens is 1290 g/mol. The maximum absolute atomic E-state index is 15.7. The summed E-state index contributed by atoms with van der Waals surface area (Å²) in [4.78, 5) is 174. The van der Waals surface area contributed by atoms with Crippen molar-refractivity contribution >= 4 is 76.7 Å². The lowest BCUT2D eigenvalue weighted by atomic mass is 9.91. The Morgan fingerprint density at radius 2 is 1.07 bits per heavy atom. The number of hydrogen-bond acceptors (Lipinski definition) is 16. The van der Waals surface area contributed by atoms with Crippen LogP contribution in [0.15, 0.2) is 24.8 Å². The molecule has 27 heteroatoms. The highest BCUT2D eigenvalue weighted by Crippen LogP contribution is 2.29. The van der Waals surface area contributed by atoms with Gasteiger partial charge in [0.25, 0.3) is 5.91 Å². The zero-order chi connectivity index (χ0) is 75.8. The molecule has 26 nitrogen and oxygen atoms in total. The van der Waals surface area contributed by atoms with Crippen LogP contribution in [0.1, 0.15) is 169 Å². The van der Waals surface area contributed by atoms with Gasteiger partial charge in [0.05, 0.1) is 18.3 Å². The van der Waals surface area contributed by atoms with E-state index in [0.717, 1.165) is 29.5 Å². The van der Waals surface area contributed by atoms with Gasteiger partial charge in [-0.2, -0.15) is 0 Å². The lowest BCUT2D eigenvalue weighted by Gasteiger charge is -2.41. The first kappa shape index (κ1) is 88.9. The number of likely N-dealkylation sites (N-methyl/N-ethyl adjacent to an activating group) is 7. The molecule has 0 aromatic heterocycles. The molecule has 11 amide bonds. The fourth-order valence-electron chi connectivity index (χ4n) is 12.5. The molecule has 13 atom stereocenters. The Bertz CT molecular complexity index is 2720. The van der Waals surface area contributed by atoms with Crippen LogP contribution in [0, 0.1) is 35.5 Å². The Labute approximate surface area is 596 Å². The van der Waals surface area contributed by atoms with Crippen LogP contribution in [-0.4, -0.2) is 269 Å². The number of allylic oxidation sites excluding steroid dienone is 2. The minimum absolute atomic E-state index is 0.0285. The number of aliphatic hydroxyl groups excluding tert-OH is 1. The van der Waals surface area contributed by atoms with Crippen LogP contribution in [0.4, 0.5) is 0 Å². The molecule has 0 spiro atoms. The number of nitrogens with one attached hydrogen (secondary N) is 5. The third-order valence-corrected chi connectivity index (χ3v) is 20.1. The first-order valence-electron chi connectivity index (χ1n) is 35.6. The molecule has 0 aromatic rings. The topological polar surface area (TPSA) is 309 Å². The van der Waals surface area contributed by atoms with E-state index in [9.17, 15) is 19.5 Å². The van der Waals surface area contributed by atoms with E-state index >= 15 is 38.4 Å². The number of hydrogen-bond donors (Lipinski definition) is 6. The van der Waals surface area contributed by atoms with E-state index < -0.39 is 160 Å². The largest absolute Gasteiger partial charge is 0.390 e. The van der Waals surface area contributed by atoms with Gasteiger partial charge in [0, 0.05) is 87.3 Å². The van der Waals surface area contributed by atoms with Crippen molar-refractivity contribution in [2.75, 3.05) is 81.5 Å². The zero-order valence-corrected chi connectivity index (χ0v) is 65.2. The van der Waals surface area contributed by atoms with Crippen LogP contribution in [-0.2, 0) is 62.2 Å². The van der Waals surface area contributed by atoms with Crippen LogP contribution in [0.25, 0.3) is 0 Å². The second kappa shape index (κ2) is 41.7. The van der Waals surface area contributed by atoms with Crippen LogP contribution in [0.3, 0.4) is 0 Å². The van der Waals surface area contributed by atoms with Crippen molar-refractivity contribution in [2.24, 2.45) is 35.5 Å². The number of aliphatic hydroxyl groups is 1. The Balaban J connectivity index is 3.17. The van der Waals surface area contributed by atoms with Gasteiger partial charge >= 0.3 is 0 Å². The SMILES string of the molecule is C=CCOC(C)(C)C[C@H]1C(=O)N[C@@H](C(C)C)C(=O)N(C)[C@@H](CC(C)C)C(=O)N[C@@H](C)C(=O)N[C@@H](C)C(=O)N(C)[C@@H](CC(C)C)C(=O)N(C)[C@@H](CC(C)C)C(=O)N(C)[C@@H](C(C)C)C(=O)N(C)[C@@H]([C@H](O)[C@H](C)C/C=C/C)C(=O)N[C@@H](CC)C(=O)N(C)[C@H](SCCNC2CCOCC2)C(=O)N1C.